The average molecular weight is 499 g/mol. The number of nitrogens with zero attached hydrogens (tertiary/aromatic N) is 3. The first kappa shape index (κ1) is 23.9. The van der Waals surface area contributed by atoms with Crippen LogP contribution < -0.4 is 9.64 Å². The molecule has 1 aliphatic carbocycles. The number of carboxylic acid groups (broad SMARTS) is 1. The maximum atomic E-state index is 11.6. The molecule has 2 aliphatic rings. The molecule has 1 saturated carbocycles. The largest absolute Gasteiger partial charge is 0.481 e. The molecule has 1 aliphatic heterocycles. The summed E-state index contributed by atoms with van der Waals surface area (Å²) >= 11 is 6.59. The highest BCUT2D eigenvalue weighted by Crippen LogP contribution is 2.39. The number of hydrogen-bond acceptors (Lipinski definition) is 6. The molecule has 35 heavy (non-hydrogen) atoms. The number of aromatic nitrogens is 3. The molecule has 8 nitrogen and oxygen atoms in total. The van der Waals surface area contributed by atoms with Gasteiger partial charge in [-0.15, -0.1) is 0 Å². The van der Waals surface area contributed by atoms with Crippen LogP contribution in [-0.2, 0) is 9.53 Å². The van der Waals surface area contributed by atoms with Gasteiger partial charge in [0.15, 0.2) is 5.65 Å². The minimum absolute atomic E-state index is 0.000851. The van der Waals surface area contributed by atoms with Crippen molar-refractivity contribution >= 4 is 34.4 Å². The van der Waals surface area contributed by atoms with E-state index in [1.807, 2.05) is 32.0 Å². The van der Waals surface area contributed by atoms with Crippen LogP contribution in [0.25, 0.3) is 22.4 Å². The van der Waals surface area contributed by atoms with Crippen LogP contribution in [0.1, 0.15) is 39.5 Å². The lowest BCUT2D eigenvalue weighted by Crippen LogP contribution is -2.37. The normalized spacial score (nSPS) is 21.3. The van der Waals surface area contributed by atoms with Gasteiger partial charge in [0, 0.05) is 24.3 Å². The zero-order chi connectivity index (χ0) is 24.6. The van der Waals surface area contributed by atoms with Crippen molar-refractivity contribution in [1.82, 2.24) is 15.0 Å². The summed E-state index contributed by atoms with van der Waals surface area (Å²) in [4.78, 5) is 26.3. The number of benzene rings is 1. The van der Waals surface area contributed by atoms with Crippen LogP contribution in [0, 0.1) is 11.3 Å². The van der Waals surface area contributed by atoms with Crippen LogP contribution in [0.2, 0.25) is 5.02 Å². The second-order valence-electron chi connectivity index (χ2n) is 10.00. The van der Waals surface area contributed by atoms with Gasteiger partial charge >= 0.3 is 5.97 Å². The SMILES string of the molecule is CC(C)(C(=O)O)[C@H]1CC[C@H](Oc2nc3nc(-c4ccc(N5CCOCC5)cc4)c(Cl)cc3[nH]2)CC1. The number of aliphatic carboxylic acids is 1. The number of carbonyl (C=O) groups is 1. The number of ether oxygens (including phenoxy) is 2. The van der Waals surface area contributed by atoms with Crippen molar-refractivity contribution in [3.8, 4) is 17.3 Å². The molecule has 5 rings (SSSR count). The van der Waals surface area contributed by atoms with E-state index < -0.39 is 11.4 Å². The third-order valence-corrected chi connectivity index (χ3v) is 7.73. The van der Waals surface area contributed by atoms with Crippen molar-refractivity contribution in [2.45, 2.75) is 45.6 Å². The smallest absolute Gasteiger partial charge is 0.309 e. The molecule has 0 unspecified atom stereocenters. The molecule has 2 aromatic heterocycles. The van der Waals surface area contributed by atoms with Gasteiger partial charge in [0.1, 0.15) is 6.10 Å². The Hall–Kier alpha value is -2.84. The number of pyridine rings is 1. The molecule has 0 spiro atoms. The first-order valence-corrected chi connectivity index (χ1v) is 12.6. The topological polar surface area (TPSA) is 101 Å². The predicted molar refractivity (Wildman–Crippen MR) is 135 cm³/mol. The first-order chi connectivity index (χ1) is 16.8. The summed E-state index contributed by atoms with van der Waals surface area (Å²) in [7, 11) is 0. The van der Waals surface area contributed by atoms with Gasteiger partial charge in [0.25, 0.3) is 6.01 Å². The van der Waals surface area contributed by atoms with Crippen molar-refractivity contribution in [2.75, 3.05) is 31.2 Å². The zero-order valence-corrected chi connectivity index (χ0v) is 20.8. The van der Waals surface area contributed by atoms with E-state index in [1.165, 1.54) is 0 Å². The third kappa shape index (κ3) is 4.95. The van der Waals surface area contributed by atoms with E-state index in [1.54, 1.807) is 0 Å². The van der Waals surface area contributed by atoms with Crippen molar-refractivity contribution in [2.24, 2.45) is 11.3 Å². The Morgan fingerprint density at radius 1 is 1.14 bits per heavy atom. The van der Waals surface area contributed by atoms with Gasteiger partial charge < -0.3 is 24.5 Å². The van der Waals surface area contributed by atoms with Gasteiger partial charge in [-0.3, -0.25) is 4.79 Å². The molecule has 1 aromatic carbocycles. The van der Waals surface area contributed by atoms with Crippen molar-refractivity contribution < 1.29 is 19.4 Å². The minimum Gasteiger partial charge on any atom is -0.481 e. The summed E-state index contributed by atoms with van der Waals surface area (Å²) in [5, 5.41) is 10.0. The Labute approximate surface area is 209 Å². The van der Waals surface area contributed by atoms with E-state index in [4.69, 9.17) is 26.1 Å². The lowest BCUT2D eigenvalue weighted by molar-refractivity contribution is -0.151. The average Bonchev–Trinajstić information content (AvgIpc) is 3.25. The second-order valence-corrected chi connectivity index (χ2v) is 10.4. The summed E-state index contributed by atoms with van der Waals surface area (Å²) in [5.41, 5.74) is 3.32. The van der Waals surface area contributed by atoms with E-state index >= 15 is 0 Å². The molecule has 0 bridgehead atoms. The summed E-state index contributed by atoms with van der Waals surface area (Å²) in [6, 6.07) is 10.5. The van der Waals surface area contributed by atoms with Gasteiger partial charge in [-0.25, -0.2) is 4.98 Å². The molecular weight excluding hydrogens is 468 g/mol. The highest BCUT2D eigenvalue weighted by Gasteiger charge is 2.39. The van der Waals surface area contributed by atoms with Gasteiger partial charge in [0.2, 0.25) is 0 Å². The van der Waals surface area contributed by atoms with Gasteiger partial charge in [0.05, 0.1) is 34.9 Å². The number of anilines is 1. The maximum Gasteiger partial charge on any atom is 0.309 e. The van der Waals surface area contributed by atoms with Gasteiger partial charge in [-0.2, -0.15) is 4.98 Å². The van der Waals surface area contributed by atoms with E-state index in [-0.39, 0.29) is 12.0 Å². The lowest BCUT2D eigenvalue weighted by Gasteiger charge is -2.36. The number of fused-ring (bicyclic) bond motifs is 1. The standard InChI is InChI=1S/C26H31ClN4O4/c1-26(2,24(32)33)17-5-9-19(10-6-17)35-25-28-21-15-20(27)22(29-23(21)30-25)16-3-7-18(8-4-16)31-11-13-34-14-12-31/h3-4,7-8,15,17,19H,5-6,9-14H2,1-2H3,(H,32,33)(H,28,29,30)/t17-,19-. The number of halogens is 1. The van der Waals surface area contributed by atoms with E-state index in [2.05, 4.69) is 27.0 Å². The number of nitrogens with one attached hydrogen (secondary N) is 1. The molecule has 0 radical (unpaired) electrons. The second kappa shape index (κ2) is 9.66. The number of aromatic amines is 1. The fraction of sp³-hybridized carbons (Fsp3) is 0.500. The molecule has 0 atom stereocenters. The Bertz CT molecular complexity index is 1200. The zero-order valence-electron chi connectivity index (χ0n) is 20.1. The Kier molecular flexibility index (Phi) is 6.59. The molecule has 3 aromatic rings. The highest BCUT2D eigenvalue weighted by molar-refractivity contribution is 6.33. The van der Waals surface area contributed by atoms with Crippen LogP contribution >= 0.6 is 11.6 Å². The van der Waals surface area contributed by atoms with Crippen molar-refractivity contribution in [1.29, 1.82) is 0 Å². The molecule has 2 N–H and O–H groups in total. The van der Waals surface area contributed by atoms with Gasteiger partial charge in [-0.05, 0) is 63.6 Å². The lowest BCUT2D eigenvalue weighted by atomic mass is 9.70. The molecule has 2 fully saturated rings. The number of imidazole rings is 1. The summed E-state index contributed by atoms with van der Waals surface area (Å²) < 4.78 is 11.6. The Morgan fingerprint density at radius 2 is 1.83 bits per heavy atom. The number of rotatable bonds is 6. The maximum absolute atomic E-state index is 11.6. The van der Waals surface area contributed by atoms with E-state index in [0.717, 1.165) is 68.8 Å². The first-order valence-electron chi connectivity index (χ1n) is 12.2. The van der Waals surface area contributed by atoms with E-state index in [9.17, 15) is 9.90 Å². The van der Waals surface area contributed by atoms with Crippen LogP contribution in [0.3, 0.4) is 0 Å². The van der Waals surface area contributed by atoms with Crippen LogP contribution in [-0.4, -0.2) is 58.4 Å². The summed E-state index contributed by atoms with van der Waals surface area (Å²) in [6.07, 6.45) is 3.23. The molecule has 9 heteroatoms. The fourth-order valence-electron chi connectivity index (χ4n) is 5.04. The third-order valence-electron chi connectivity index (χ3n) is 7.45. The van der Waals surface area contributed by atoms with Crippen molar-refractivity contribution in [3.05, 3.63) is 35.4 Å². The monoisotopic (exact) mass is 498 g/mol. The van der Waals surface area contributed by atoms with Crippen LogP contribution in [0.5, 0.6) is 6.01 Å². The molecule has 186 valence electrons. The molecular formula is C26H31ClN4O4. The fourth-order valence-corrected chi connectivity index (χ4v) is 5.30. The Morgan fingerprint density at radius 3 is 2.49 bits per heavy atom. The number of carboxylic acids is 1. The quantitative estimate of drug-likeness (QED) is 0.484. The molecule has 3 heterocycles. The number of H-pyrrole nitrogens is 1. The van der Waals surface area contributed by atoms with Crippen LogP contribution in [0.15, 0.2) is 30.3 Å². The highest BCUT2D eigenvalue weighted by atomic mass is 35.5. The minimum atomic E-state index is -0.742. The number of hydrogen-bond donors (Lipinski definition) is 2. The summed E-state index contributed by atoms with van der Waals surface area (Å²) in [5.74, 6) is -0.596. The van der Waals surface area contributed by atoms with Crippen LogP contribution in [0.4, 0.5) is 5.69 Å². The summed E-state index contributed by atoms with van der Waals surface area (Å²) in [6.45, 7) is 6.89. The van der Waals surface area contributed by atoms with Gasteiger partial charge in [-0.1, -0.05) is 23.7 Å². The van der Waals surface area contributed by atoms with E-state index in [0.29, 0.717) is 22.4 Å². The number of morpholine rings is 1. The molecule has 1 saturated heterocycles. The predicted octanol–water partition coefficient (Wildman–Crippen LogP) is 5.16. The Balaban J connectivity index is 1.28. The van der Waals surface area contributed by atoms with Crippen molar-refractivity contribution in [3.63, 3.8) is 0 Å². The molecule has 0 amide bonds.